The maximum Gasteiger partial charge on any atom is 0.257 e. The number of anilines is 1. The van der Waals surface area contributed by atoms with E-state index in [1.165, 1.54) is 42.7 Å². The maximum atomic E-state index is 12.8. The van der Waals surface area contributed by atoms with Crippen molar-refractivity contribution in [3.8, 4) is 0 Å². The van der Waals surface area contributed by atoms with Gasteiger partial charge in [0.05, 0.1) is 10.6 Å². The number of carbonyl (C=O) groups is 1. The van der Waals surface area contributed by atoms with E-state index < -0.39 is 15.6 Å². The molecule has 0 spiro atoms. The molecular weight excluding hydrogens is 420 g/mol. The summed E-state index contributed by atoms with van der Waals surface area (Å²) in [7, 11) is -3.72. The van der Waals surface area contributed by atoms with Crippen LogP contribution in [0.2, 0.25) is 0 Å². The summed E-state index contributed by atoms with van der Waals surface area (Å²) in [6.07, 6.45) is 3.72. The number of amides is 1. The number of likely N-dealkylation sites (tertiary alicyclic amines) is 1. The van der Waals surface area contributed by atoms with E-state index in [1.807, 2.05) is 5.38 Å². The first-order valence-electron chi connectivity index (χ1n) is 10.2. The Labute approximate surface area is 183 Å². The van der Waals surface area contributed by atoms with Crippen molar-refractivity contribution in [2.75, 3.05) is 18.4 Å². The Kier molecular flexibility index (Phi) is 6.96. The molecule has 0 aliphatic carbocycles. The Hall–Kier alpha value is -1.81. The smallest absolute Gasteiger partial charge is 0.257 e. The van der Waals surface area contributed by atoms with Crippen LogP contribution in [0.5, 0.6) is 0 Å². The van der Waals surface area contributed by atoms with Gasteiger partial charge in [0.15, 0.2) is 5.13 Å². The Balaban J connectivity index is 1.72. The molecule has 0 saturated carbocycles. The summed E-state index contributed by atoms with van der Waals surface area (Å²) >= 11 is 1.38. The quantitative estimate of drug-likeness (QED) is 0.699. The molecule has 1 fully saturated rings. The second kappa shape index (κ2) is 9.13. The number of aromatic nitrogens is 1. The van der Waals surface area contributed by atoms with E-state index in [1.54, 1.807) is 33.8 Å². The highest BCUT2D eigenvalue weighted by Gasteiger charge is 2.24. The Morgan fingerprint density at radius 3 is 2.57 bits per heavy atom. The van der Waals surface area contributed by atoms with Crippen molar-refractivity contribution >= 4 is 32.4 Å². The third-order valence-electron chi connectivity index (χ3n) is 4.81. The first-order chi connectivity index (χ1) is 14.0. The van der Waals surface area contributed by atoms with Crippen LogP contribution in [-0.4, -0.2) is 42.8 Å². The van der Waals surface area contributed by atoms with Crippen LogP contribution in [0.3, 0.4) is 0 Å². The van der Waals surface area contributed by atoms with Crippen LogP contribution >= 0.6 is 11.3 Å². The molecule has 0 bridgehead atoms. The number of thiazole rings is 1. The third kappa shape index (κ3) is 6.10. The van der Waals surface area contributed by atoms with E-state index in [0.717, 1.165) is 25.3 Å². The molecule has 0 atom stereocenters. The summed E-state index contributed by atoms with van der Waals surface area (Å²) in [6.45, 7) is 10.1. The van der Waals surface area contributed by atoms with Crippen LogP contribution in [0.15, 0.2) is 28.5 Å². The number of rotatable bonds is 6. The molecule has 0 unspecified atom stereocenters. The van der Waals surface area contributed by atoms with E-state index in [0.29, 0.717) is 16.3 Å². The standard InChI is InChI=1S/C21H30N4O3S2/c1-15-8-9-17(30(27,28)24-21(2,3)4)12-18(15)19(26)23-20-22-16(14-29-20)13-25-10-6-5-7-11-25/h8-9,12,14,24H,5-7,10-11,13H2,1-4H3,(H,22,23,26). The van der Waals surface area contributed by atoms with Crippen molar-refractivity contribution < 1.29 is 13.2 Å². The minimum atomic E-state index is -3.72. The van der Waals surface area contributed by atoms with Crippen LogP contribution in [0, 0.1) is 6.92 Å². The van der Waals surface area contributed by atoms with Gasteiger partial charge in [-0.2, -0.15) is 0 Å². The zero-order chi connectivity index (χ0) is 21.9. The van der Waals surface area contributed by atoms with Gasteiger partial charge in [-0.1, -0.05) is 12.5 Å². The molecule has 30 heavy (non-hydrogen) atoms. The van der Waals surface area contributed by atoms with E-state index >= 15 is 0 Å². The zero-order valence-corrected chi connectivity index (χ0v) is 19.6. The summed E-state index contributed by atoms with van der Waals surface area (Å²) in [5.41, 5.74) is 1.35. The van der Waals surface area contributed by atoms with Gasteiger partial charge in [0.2, 0.25) is 10.0 Å². The van der Waals surface area contributed by atoms with Gasteiger partial charge in [0.1, 0.15) is 0 Å². The van der Waals surface area contributed by atoms with Crippen molar-refractivity contribution in [3.63, 3.8) is 0 Å². The Bertz CT molecular complexity index is 1000. The minimum absolute atomic E-state index is 0.0677. The van der Waals surface area contributed by atoms with Gasteiger partial charge in [0.25, 0.3) is 5.91 Å². The molecule has 9 heteroatoms. The molecule has 164 valence electrons. The molecule has 0 radical (unpaired) electrons. The van der Waals surface area contributed by atoms with Crippen LogP contribution in [-0.2, 0) is 16.6 Å². The number of nitrogens with one attached hydrogen (secondary N) is 2. The zero-order valence-electron chi connectivity index (χ0n) is 18.0. The van der Waals surface area contributed by atoms with Crippen molar-refractivity contribution in [2.45, 2.75) is 63.9 Å². The van der Waals surface area contributed by atoms with Gasteiger partial charge in [-0.15, -0.1) is 11.3 Å². The molecular formula is C21H30N4O3S2. The molecule has 1 amide bonds. The topological polar surface area (TPSA) is 91.4 Å². The molecule has 1 aromatic carbocycles. The van der Waals surface area contributed by atoms with Crippen LogP contribution in [0.1, 0.15) is 61.6 Å². The predicted octanol–water partition coefficient (Wildman–Crippen LogP) is 3.77. The van der Waals surface area contributed by atoms with E-state index in [2.05, 4.69) is 19.9 Å². The molecule has 1 aliphatic heterocycles. The lowest BCUT2D eigenvalue weighted by Gasteiger charge is -2.25. The number of hydrogen-bond acceptors (Lipinski definition) is 6. The van der Waals surface area contributed by atoms with Gasteiger partial charge >= 0.3 is 0 Å². The highest BCUT2D eigenvalue weighted by Crippen LogP contribution is 2.22. The van der Waals surface area contributed by atoms with Gasteiger partial charge in [-0.05, 0) is 71.3 Å². The fourth-order valence-corrected chi connectivity index (χ4v) is 5.56. The first-order valence-corrected chi connectivity index (χ1v) is 12.5. The minimum Gasteiger partial charge on any atom is -0.298 e. The predicted molar refractivity (Wildman–Crippen MR) is 120 cm³/mol. The second-order valence-corrected chi connectivity index (χ2v) is 11.3. The van der Waals surface area contributed by atoms with Crippen molar-refractivity contribution in [3.05, 3.63) is 40.4 Å². The molecule has 1 aromatic heterocycles. The molecule has 1 aliphatic rings. The SMILES string of the molecule is Cc1ccc(S(=O)(=O)NC(C)(C)C)cc1C(=O)Nc1nc(CN2CCCCC2)cs1. The lowest BCUT2D eigenvalue weighted by Crippen LogP contribution is -2.40. The average Bonchev–Trinajstić information content (AvgIpc) is 3.07. The Morgan fingerprint density at radius 2 is 1.90 bits per heavy atom. The highest BCUT2D eigenvalue weighted by molar-refractivity contribution is 7.89. The number of carbonyl (C=O) groups excluding carboxylic acids is 1. The number of hydrogen-bond donors (Lipinski definition) is 2. The van der Waals surface area contributed by atoms with Gasteiger partial charge in [-0.25, -0.2) is 18.1 Å². The van der Waals surface area contributed by atoms with E-state index in [-0.39, 0.29) is 10.8 Å². The lowest BCUT2D eigenvalue weighted by atomic mass is 10.1. The van der Waals surface area contributed by atoms with E-state index in [4.69, 9.17) is 0 Å². The molecule has 2 aromatic rings. The molecule has 2 N–H and O–H groups in total. The molecule has 1 saturated heterocycles. The number of benzene rings is 1. The van der Waals surface area contributed by atoms with Crippen molar-refractivity contribution in [2.24, 2.45) is 0 Å². The maximum absolute atomic E-state index is 12.8. The normalized spacial score (nSPS) is 15.9. The summed E-state index contributed by atoms with van der Waals surface area (Å²) in [4.78, 5) is 19.8. The summed E-state index contributed by atoms with van der Waals surface area (Å²) in [6, 6.07) is 4.58. The summed E-state index contributed by atoms with van der Waals surface area (Å²) in [5.74, 6) is -0.362. The van der Waals surface area contributed by atoms with Gasteiger partial charge in [-0.3, -0.25) is 15.0 Å². The van der Waals surface area contributed by atoms with Crippen LogP contribution < -0.4 is 10.0 Å². The molecule has 2 heterocycles. The monoisotopic (exact) mass is 450 g/mol. The number of nitrogens with zero attached hydrogens (tertiary/aromatic N) is 2. The van der Waals surface area contributed by atoms with Crippen LogP contribution in [0.4, 0.5) is 5.13 Å². The van der Waals surface area contributed by atoms with Crippen molar-refractivity contribution in [1.29, 1.82) is 0 Å². The number of piperidine rings is 1. The third-order valence-corrected chi connectivity index (χ3v) is 7.37. The highest BCUT2D eigenvalue weighted by atomic mass is 32.2. The van der Waals surface area contributed by atoms with Crippen molar-refractivity contribution in [1.82, 2.24) is 14.6 Å². The average molecular weight is 451 g/mol. The summed E-state index contributed by atoms with van der Waals surface area (Å²) in [5, 5.41) is 5.30. The van der Waals surface area contributed by atoms with Gasteiger partial charge in [0, 0.05) is 23.0 Å². The largest absolute Gasteiger partial charge is 0.298 e. The molecule has 3 rings (SSSR count). The van der Waals surface area contributed by atoms with Crippen LogP contribution in [0.25, 0.3) is 0 Å². The second-order valence-electron chi connectivity index (χ2n) is 8.77. The number of sulfonamides is 1. The lowest BCUT2D eigenvalue weighted by molar-refractivity contribution is 0.102. The van der Waals surface area contributed by atoms with E-state index in [9.17, 15) is 13.2 Å². The van der Waals surface area contributed by atoms with Gasteiger partial charge < -0.3 is 0 Å². The fourth-order valence-electron chi connectivity index (χ4n) is 3.42. The number of aryl methyl sites for hydroxylation is 1. The first kappa shape index (κ1) is 22.9. The fraction of sp³-hybridized carbons (Fsp3) is 0.524. The Morgan fingerprint density at radius 1 is 1.20 bits per heavy atom. The molecule has 7 nitrogen and oxygen atoms in total. The summed E-state index contributed by atoms with van der Waals surface area (Å²) < 4.78 is 27.9.